The van der Waals surface area contributed by atoms with Gasteiger partial charge in [-0.15, -0.1) is 0 Å². The summed E-state index contributed by atoms with van der Waals surface area (Å²) in [6.07, 6.45) is -0.519. The molecule has 0 heterocycles. The molecular formula is C20H21NO. The number of hydrogen-bond donors (Lipinski definition) is 2. The van der Waals surface area contributed by atoms with E-state index in [0.717, 1.165) is 17.7 Å². The van der Waals surface area contributed by atoms with Gasteiger partial charge < -0.3 is 10.4 Å². The van der Waals surface area contributed by atoms with Gasteiger partial charge in [0, 0.05) is 12.5 Å². The first kappa shape index (κ1) is 14.8. The van der Waals surface area contributed by atoms with Crippen molar-refractivity contribution in [3.63, 3.8) is 0 Å². The fourth-order valence-electron chi connectivity index (χ4n) is 2.95. The first-order valence-corrected chi connectivity index (χ1v) is 7.66. The van der Waals surface area contributed by atoms with E-state index in [-0.39, 0.29) is 5.92 Å². The highest BCUT2D eigenvalue weighted by molar-refractivity contribution is 5.83. The molecule has 3 rings (SSSR count). The smallest absolute Gasteiger partial charge is 0.0870 e. The van der Waals surface area contributed by atoms with Crippen LogP contribution >= 0.6 is 0 Å². The van der Waals surface area contributed by atoms with Crippen molar-refractivity contribution in [1.29, 1.82) is 0 Å². The molecule has 2 N–H and O–H groups in total. The van der Waals surface area contributed by atoms with E-state index in [1.54, 1.807) is 0 Å². The van der Waals surface area contributed by atoms with Gasteiger partial charge in [-0.2, -0.15) is 0 Å². The third-order valence-electron chi connectivity index (χ3n) is 4.15. The summed E-state index contributed by atoms with van der Waals surface area (Å²) in [4.78, 5) is 0. The maximum atomic E-state index is 10.8. The molecule has 0 bridgehead atoms. The number of benzene rings is 3. The minimum Gasteiger partial charge on any atom is -0.388 e. The zero-order chi connectivity index (χ0) is 15.4. The van der Waals surface area contributed by atoms with Gasteiger partial charge in [-0.05, 0) is 28.9 Å². The molecule has 0 spiro atoms. The maximum absolute atomic E-state index is 10.8. The van der Waals surface area contributed by atoms with Gasteiger partial charge >= 0.3 is 0 Å². The number of rotatable bonds is 5. The third-order valence-corrected chi connectivity index (χ3v) is 4.15. The van der Waals surface area contributed by atoms with Gasteiger partial charge in [-0.25, -0.2) is 0 Å². The van der Waals surface area contributed by atoms with E-state index in [9.17, 15) is 5.11 Å². The molecule has 0 aliphatic carbocycles. The average molecular weight is 291 g/mol. The number of fused-ring (bicyclic) bond motifs is 1. The van der Waals surface area contributed by atoms with Crippen molar-refractivity contribution in [3.05, 3.63) is 83.9 Å². The van der Waals surface area contributed by atoms with Gasteiger partial charge in [-0.1, -0.05) is 72.8 Å². The molecule has 0 amide bonds. The molecule has 0 aromatic heterocycles. The van der Waals surface area contributed by atoms with Crippen molar-refractivity contribution < 1.29 is 5.11 Å². The van der Waals surface area contributed by atoms with Crippen LogP contribution in [-0.4, -0.2) is 18.7 Å². The summed E-state index contributed by atoms with van der Waals surface area (Å²) in [7, 11) is 1.92. The molecule has 2 heteroatoms. The van der Waals surface area contributed by atoms with Crippen LogP contribution in [0.25, 0.3) is 10.8 Å². The molecule has 22 heavy (non-hydrogen) atoms. The Balaban J connectivity index is 1.98. The topological polar surface area (TPSA) is 32.3 Å². The van der Waals surface area contributed by atoms with Crippen molar-refractivity contribution in [2.24, 2.45) is 0 Å². The standard InChI is InChI=1S/C20H21NO/c1-21-14-19(20(22)16-8-3-2-4-9-16)18-12-11-15-7-5-6-10-17(15)13-18/h2-13,19-22H,14H2,1H3. The molecule has 2 atom stereocenters. The van der Waals surface area contributed by atoms with E-state index in [1.807, 2.05) is 49.5 Å². The Labute approximate surface area is 131 Å². The number of nitrogens with one attached hydrogen (secondary N) is 1. The lowest BCUT2D eigenvalue weighted by atomic mass is 9.88. The van der Waals surface area contributed by atoms with Crippen LogP contribution < -0.4 is 5.32 Å². The first-order valence-electron chi connectivity index (χ1n) is 7.66. The lowest BCUT2D eigenvalue weighted by Crippen LogP contribution is -2.23. The second-order valence-corrected chi connectivity index (χ2v) is 5.63. The summed E-state index contributed by atoms with van der Waals surface area (Å²) in [6.45, 7) is 0.731. The highest BCUT2D eigenvalue weighted by Gasteiger charge is 2.22. The molecule has 3 aromatic rings. The summed E-state index contributed by atoms with van der Waals surface area (Å²) in [6, 6.07) is 24.6. The van der Waals surface area contributed by atoms with Crippen LogP contribution in [0.3, 0.4) is 0 Å². The van der Waals surface area contributed by atoms with E-state index in [2.05, 4.69) is 35.6 Å². The molecule has 0 saturated carbocycles. The van der Waals surface area contributed by atoms with Crippen LogP contribution in [0.2, 0.25) is 0 Å². The molecule has 2 nitrogen and oxygen atoms in total. The van der Waals surface area contributed by atoms with Crippen LogP contribution in [-0.2, 0) is 0 Å². The lowest BCUT2D eigenvalue weighted by Gasteiger charge is -2.24. The summed E-state index contributed by atoms with van der Waals surface area (Å²) in [5.41, 5.74) is 2.11. The van der Waals surface area contributed by atoms with E-state index in [1.165, 1.54) is 10.8 Å². The Bertz CT molecular complexity index is 739. The maximum Gasteiger partial charge on any atom is 0.0870 e. The Morgan fingerprint density at radius 3 is 2.23 bits per heavy atom. The monoisotopic (exact) mass is 291 g/mol. The van der Waals surface area contributed by atoms with Crippen molar-refractivity contribution in [3.8, 4) is 0 Å². The second-order valence-electron chi connectivity index (χ2n) is 5.63. The molecule has 0 saturated heterocycles. The SMILES string of the molecule is CNCC(c1ccc2ccccc2c1)C(O)c1ccccc1. The second kappa shape index (κ2) is 6.73. The first-order chi connectivity index (χ1) is 10.8. The highest BCUT2D eigenvalue weighted by Crippen LogP contribution is 2.32. The summed E-state index contributed by atoms with van der Waals surface area (Å²) in [5, 5.41) is 16.4. The van der Waals surface area contributed by atoms with Crippen molar-refractivity contribution in [1.82, 2.24) is 5.32 Å². The normalized spacial score (nSPS) is 13.9. The summed E-state index contributed by atoms with van der Waals surface area (Å²) in [5.74, 6) is 0.0250. The van der Waals surface area contributed by atoms with Gasteiger partial charge in [-0.3, -0.25) is 0 Å². The fraction of sp³-hybridized carbons (Fsp3) is 0.200. The Morgan fingerprint density at radius 2 is 1.50 bits per heavy atom. The number of aliphatic hydroxyl groups is 1. The fourth-order valence-corrected chi connectivity index (χ4v) is 2.95. The van der Waals surface area contributed by atoms with Gasteiger partial charge in [0.05, 0.1) is 6.10 Å². The molecule has 0 aliphatic heterocycles. The van der Waals surface area contributed by atoms with Gasteiger partial charge in [0.2, 0.25) is 0 Å². The molecule has 0 aliphatic rings. The van der Waals surface area contributed by atoms with Gasteiger partial charge in [0.15, 0.2) is 0 Å². The van der Waals surface area contributed by atoms with Gasteiger partial charge in [0.25, 0.3) is 0 Å². The quantitative estimate of drug-likeness (QED) is 0.748. The summed E-state index contributed by atoms with van der Waals surface area (Å²) >= 11 is 0. The molecule has 3 aromatic carbocycles. The van der Waals surface area contributed by atoms with Crippen molar-refractivity contribution in [2.45, 2.75) is 12.0 Å². The van der Waals surface area contributed by atoms with Crippen LogP contribution in [0.4, 0.5) is 0 Å². The molecule has 112 valence electrons. The molecule has 2 unspecified atom stereocenters. The van der Waals surface area contributed by atoms with Crippen molar-refractivity contribution in [2.75, 3.05) is 13.6 Å². The predicted molar refractivity (Wildman–Crippen MR) is 92.0 cm³/mol. The minimum atomic E-state index is -0.519. The average Bonchev–Trinajstić information content (AvgIpc) is 2.59. The minimum absolute atomic E-state index is 0.0250. The number of aliphatic hydroxyl groups excluding tert-OH is 1. The van der Waals surface area contributed by atoms with E-state index in [4.69, 9.17) is 0 Å². The Morgan fingerprint density at radius 1 is 0.818 bits per heavy atom. The highest BCUT2D eigenvalue weighted by atomic mass is 16.3. The van der Waals surface area contributed by atoms with Crippen molar-refractivity contribution >= 4 is 10.8 Å². The molecule has 0 fully saturated rings. The molecular weight excluding hydrogens is 270 g/mol. The zero-order valence-electron chi connectivity index (χ0n) is 12.7. The van der Waals surface area contributed by atoms with E-state index < -0.39 is 6.10 Å². The van der Waals surface area contributed by atoms with E-state index in [0.29, 0.717) is 0 Å². The number of likely N-dealkylation sites (N-methyl/N-ethyl adjacent to an activating group) is 1. The van der Waals surface area contributed by atoms with Crippen LogP contribution in [0.1, 0.15) is 23.1 Å². The van der Waals surface area contributed by atoms with Crippen LogP contribution in [0.5, 0.6) is 0 Å². The van der Waals surface area contributed by atoms with Crippen LogP contribution in [0, 0.1) is 0 Å². The third kappa shape index (κ3) is 3.03. The number of hydrogen-bond acceptors (Lipinski definition) is 2. The van der Waals surface area contributed by atoms with E-state index >= 15 is 0 Å². The zero-order valence-corrected chi connectivity index (χ0v) is 12.7. The molecule has 0 radical (unpaired) electrons. The van der Waals surface area contributed by atoms with Gasteiger partial charge in [0.1, 0.15) is 0 Å². The van der Waals surface area contributed by atoms with Crippen LogP contribution in [0.15, 0.2) is 72.8 Å². The lowest BCUT2D eigenvalue weighted by molar-refractivity contribution is 0.144. The predicted octanol–water partition coefficient (Wildman–Crippen LogP) is 3.88. The summed E-state index contributed by atoms with van der Waals surface area (Å²) < 4.78 is 0. The largest absolute Gasteiger partial charge is 0.388 e. The Hall–Kier alpha value is -2.16. The Kier molecular flexibility index (Phi) is 4.52.